The lowest BCUT2D eigenvalue weighted by Gasteiger charge is -2.16. The van der Waals surface area contributed by atoms with Crippen molar-refractivity contribution in [1.29, 1.82) is 0 Å². The summed E-state index contributed by atoms with van der Waals surface area (Å²) in [6, 6.07) is 0. The van der Waals surface area contributed by atoms with Crippen LogP contribution in [-0.2, 0) is 19.0 Å². The number of fused-ring (bicyclic) bond motifs is 2. The standard InChI is InChI=1S/C14H16O4/c1-7-9(3-5-11-13(7)18-11)14(15)16-8-2-4-10-12(6-8)17-10/h6,10-13H,2-5H2,1H3. The van der Waals surface area contributed by atoms with E-state index < -0.39 is 0 Å². The quantitative estimate of drug-likeness (QED) is 0.553. The lowest BCUT2D eigenvalue weighted by atomic mass is 9.93. The highest BCUT2D eigenvalue weighted by molar-refractivity contribution is 5.90. The molecule has 4 aliphatic rings. The Morgan fingerprint density at radius 2 is 2.11 bits per heavy atom. The molecular weight excluding hydrogens is 232 g/mol. The van der Waals surface area contributed by atoms with Crippen molar-refractivity contribution in [3.63, 3.8) is 0 Å². The predicted molar refractivity (Wildman–Crippen MR) is 62.7 cm³/mol. The summed E-state index contributed by atoms with van der Waals surface area (Å²) in [6.45, 7) is 1.98. The smallest absolute Gasteiger partial charge is 0.339 e. The highest BCUT2D eigenvalue weighted by Gasteiger charge is 2.45. The Labute approximate surface area is 106 Å². The van der Waals surface area contributed by atoms with Crippen molar-refractivity contribution in [2.75, 3.05) is 0 Å². The Balaban J connectivity index is 1.48. The summed E-state index contributed by atoms with van der Waals surface area (Å²) >= 11 is 0. The molecule has 2 saturated heterocycles. The second-order valence-electron chi connectivity index (χ2n) is 5.50. The second-order valence-corrected chi connectivity index (χ2v) is 5.50. The van der Waals surface area contributed by atoms with Gasteiger partial charge in [0.1, 0.15) is 18.0 Å². The largest absolute Gasteiger partial charge is 0.428 e. The minimum Gasteiger partial charge on any atom is -0.428 e. The van der Waals surface area contributed by atoms with Gasteiger partial charge >= 0.3 is 5.97 Å². The van der Waals surface area contributed by atoms with E-state index in [1.807, 2.05) is 13.0 Å². The van der Waals surface area contributed by atoms with E-state index in [0.29, 0.717) is 12.2 Å². The van der Waals surface area contributed by atoms with Crippen molar-refractivity contribution < 1.29 is 19.0 Å². The maximum atomic E-state index is 12.1. The van der Waals surface area contributed by atoms with Crippen LogP contribution in [0.2, 0.25) is 0 Å². The Morgan fingerprint density at radius 3 is 2.94 bits per heavy atom. The first-order valence-corrected chi connectivity index (χ1v) is 6.66. The maximum absolute atomic E-state index is 12.1. The van der Waals surface area contributed by atoms with Crippen LogP contribution in [0.3, 0.4) is 0 Å². The highest BCUT2D eigenvalue weighted by atomic mass is 16.6. The molecule has 96 valence electrons. The molecule has 2 fully saturated rings. The zero-order chi connectivity index (χ0) is 12.3. The van der Waals surface area contributed by atoms with Crippen LogP contribution in [0.15, 0.2) is 23.0 Å². The van der Waals surface area contributed by atoms with Gasteiger partial charge < -0.3 is 14.2 Å². The molecule has 4 unspecified atom stereocenters. The fourth-order valence-corrected chi connectivity index (χ4v) is 3.01. The number of hydrogen-bond donors (Lipinski definition) is 0. The summed E-state index contributed by atoms with van der Waals surface area (Å²) in [4.78, 5) is 12.1. The molecule has 2 heterocycles. The molecule has 0 amide bonds. The topological polar surface area (TPSA) is 51.4 Å². The van der Waals surface area contributed by atoms with Crippen molar-refractivity contribution in [2.45, 2.75) is 57.0 Å². The van der Waals surface area contributed by atoms with Crippen LogP contribution in [0.25, 0.3) is 0 Å². The monoisotopic (exact) mass is 248 g/mol. The fourth-order valence-electron chi connectivity index (χ4n) is 3.01. The zero-order valence-electron chi connectivity index (χ0n) is 10.3. The number of rotatable bonds is 2. The van der Waals surface area contributed by atoms with Gasteiger partial charge in [-0.1, -0.05) is 0 Å². The maximum Gasteiger partial charge on any atom is 0.339 e. The van der Waals surface area contributed by atoms with Gasteiger partial charge in [-0.25, -0.2) is 4.79 Å². The van der Waals surface area contributed by atoms with Crippen molar-refractivity contribution in [2.24, 2.45) is 0 Å². The summed E-state index contributed by atoms with van der Waals surface area (Å²) in [6.07, 6.45) is 6.55. The van der Waals surface area contributed by atoms with Crippen LogP contribution in [0, 0.1) is 0 Å². The van der Waals surface area contributed by atoms with Crippen molar-refractivity contribution in [3.8, 4) is 0 Å². The summed E-state index contributed by atoms with van der Waals surface area (Å²) < 4.78 is 16.4. The fraction of sp³-hybridized carbons (Fsp3) is 0.643. The van der Waals surface area contributed by atoms with Gasteiger partial charge in [0, 0.05) is 12.0 Å². The third-order valence-corrected chi connectivity index (χ3v) is 4.28. The van der Waals surface area contributed by atoms with Gasteiger partial charge in [0.2, 0.25) is 0 Å². The van der Waals surface area contributed by atoms with Crippen LogP contribution in [0.4, 0.5) is 0 Å². The highest BCUT2D eigenvalue weighted by Crippen LogP contribution is 2.41. The molecule has 0 saturated carbocycles. The minimum atomic E-state index is -0.188. The van der Waals surface area contributed by atoms with E-state index in [9.17, 15) is 4.79 Å². The Hall–Kier alpha value is -1.13. The molecule has 0 aromatic rings. The molecule has 0 aromatic carbocycles. The van der Waals surface area contributed by atoms with Crippen LogP contribution in [0.1, 0.15) is 32.6 Å². The number of carbonyl (C=O) groups excluding carboxylic acids is 1. The summed E-state index contributed by atoms with van der Waals surface area (Å²) in [5.41, 5.74) is 1.88. The number of esters is 1. The van der Waals surface area contributed by atoms with Crippen LogP contribution in [0.5, 0.6) is 0 Å². The van der Waals surface area contributed by atoms with E-state index in [1.165, 1.54) is 0 Å². The van der Waals surface area contributed by atoms with Gasteiger partial charge in [0.05, 0.1) is 12.2 Å². The molecule has 0 aromatic heterocycles. The Morgan fingerprint density at radius 1 is 1.28 bits per heavy atom. The molecule has 4 heteroatoms. The number of carbonyl (C=O) groups is 1. The van der Waals surface area contributed by atoms with Gasteiger partial charge in [-0.05, 0) is 37.8 Å². The van der Waals surface area contributed by atoms with Gasteiger partial charge in [0.25, 0.3) is 0 Å². The lowest BCUT2D eigenvalue weighted by Crippen LogP contribution is -2.17. The third-order valence-electron chi connectivity index (χ3n) is 4.28. The third kappa shape index (κ3) is 1.71. The lowest BCUT2D eigenvalue weighted by molar-refractivity contribution is -0.135. The van der Waals surface area contributed by atoms with Crippen LogP contribution >= 0.6 is 0 Å². The van der Waals surface area contributed by atoms with Gasteiger partial charge in [-0.15, -0.1) is 0 Å². The van der Waals surface area contributed by atoms with Gasteiger partial charge in [0.15, 0.2) is 0 Å². The second kappa shape index (κ2) is 3.68. The summed E-state index contributed by atoms with van der Waals surface area (Å²) in [5.74, 6) is 0.588. The van der Waals surface area contributed by atoms with Gasteiger partial charge in [-0.2, -0.15) is 0 Å². The number of ether oxygens (including phenoxy) is 3. The summed E-state index contributed by atoms with van der Waals surface area (Å²) in [7, 11) is 0. The first kappa shape index (κ1) is 10.8. The van der Waals surface area contributed by atoms with E-state index in [1.54, 1.807) is 0 Å². The average molecular weight is 248 g/mol. The van der Waals surface area contributed by atoms with Crippen LogP contribution in [-0.4, -0.2) is 30.4 Å². The first-order valence-electron chi connectivity index (χ1n) is 6.66. The van der Waals surface area contributed by atoms with Crippen LogP contribution < -0.4 is 0 Å². The molecule has 4 nitrogen and oxygen atoms in total. The molecule has 0 bridgehead atoms. The number of epoxide rings is 2. The van der Waals surface area contributed by atoms with E-state index in [-0.39, 0.29) is 18.2 Å². The molecule has 2 aliphatic carbocycles. The molecule has 4 atom stereocenters. The molecule has 0 N–H and O–H groups in total. The normalized spacial score (nSPS) is 40.6. The van der Waals surface area contributed by atoms with Crippen molar-refractivity contribution in [1.82, 2.24) is 0 Å². The number of hydrogen-bond acceptors (Lipinski definition) is 4. The SMILES string of the molecule is CC1=C(C(=O)OC2=CC3OC3CC2)CCC2OC12. The first-order chi connectivity index (χ1) is 8.72. The molecule has 0 spiro atoms. The van der Waals surface area contributed by atoms with E-state index in [0.717, 1.165) is 42.6 Å². The Bertz CT molecular complexity index is 476. The molecule has 2 aliphatic heterocycles. The minimum absolute atomic E-state index is 0.179. The molecule has 0 radical (unpaired) electrons. The predicted octanol–water partition coefficient (Wildman–Crippen LogP) is 1.85. The number of allylic oxidation sites excluding steroid dienone is 1. The van der Waals surface area contributed by atoms with E-state index in [2.05, 4.69) is 0 Å². The average Bonchev–Trinajstić information content (AvgIpc) is 3.23. The summed E-state index contributed by atoms with van der Waals surface area (Å²) in [5, 5.41) is 0. The van der Waals surface area contributed by atoms with Crippen molar-refractivity contribution >= 4 is 5.97 Å². The molecule has 4 rings (SSSR count). The van der Waals surface area contributed by atoms with Gasteiger partial charge in [-0.3, -0.25) is 0 Å². The van der Waals surface area contributed by atoms with Crippen molar-refractivity contribution in [3.05, 3.63) is 23.0 Å². The van der Waals surface area contributed by atoms with E-state index in [4.69, 9.17) is 14.2 Å². The zero-order valence-corrected chi connectivity index (χ0v) is 10.3. The Kier molecular flexibility index (Phi) is 2.20. The molecule has 18 heavy (non-hydrogen) atoms. The molecular formula is C14H16O4. The van der Waals surface area contributed by atoms with E-state index >= 15 is 0 Å².